The SMILES string of the molecule is NC1CCc2c(-c3ccc(F)c(F)c3)cccc21. The maximum Gasteiger partial charge on any atom is 0.159 e. The lowest BCUT2D eigenvalue weighted by Gasteiger charge is -2.10. The third-order valence-electron chi connectivity index (χ3n) is 3.55. The predicted molar refractivity (Wildman–Crippen MR) is 67.0 cm³/mol. The average Bonchev–Trinajstić information content (AvgIpc) is 2.75. The van der Waals surface area contributed by atoms with Gasteiger partial charge < -0.3 is 5.73 Å². The molecule has 1 atom stereocenters. The van der Waals surface area contributed by atoms with Crippen LogP contribution in [0.15, 0.2) is 36.4 Å². The number of fused-ring (bicyclic) bond motifs is 1. The summed E-state index contributed by atoms with van der Waals surface area (Å²) in [6.07, 6.45) is 1.81. The highest BCUT2D eigenvalue weighted by Gasteiger charge is 2.22. The number of hydrogen-bond acceptors (Lipinski definition) is 1. The molecule has 2 aromatic carbocycles. The molecule has 0 fully saturated rings. The van der Waals surface area contributed by atoms with E-state index in [1.165, 1.54) is 12.1 Å². The van der Waals surface area contributed by atoms with Gasteiger partial charge in [0.25, 0.3) is 0 Å². The molecule has 92 valence electrons. The van der Waals surface area contributed by atoms with Gasteiger partial charge in [-0.25, -0.2) is 8.78 Å². The highest BCUT2D eigenvalue weighted by molar-refractivity contribution is 5.70. The molecule has 3 rings (SSSR count). The first kappa shape index (κ1) is 11.4. The van der Waals surface area contributed by atoms with E-state index in [4.69, 9.17) is 5.73 Å². The van der Waals surface area contributed by atoms with Crippen LogP contribution in [0.25, 0.3) is 11.1 Å². The minimum absolute atomic E-state index is 0.0604. The lowest BCUT2D eigenvalue weighted by molar-refractivity contribution is 0.509. The Hall–Kier alpha value is -1.74. The Bertz CT molecular complexity index is 607. The van der Waals surface area contributed by atoms with Gasteiger partial charge in [0.05, 0.1) is 0 Å². The van der Waals surface area contributed by atoms with Crippen molar-refractivity contribution in [3.05, 3.63) is 59.2 Å². The number of hydrogen-bond donors (Lipinski definition) is 1. The summed E-state index contributed by atoms with van der Waals surface area (Å²) in [5.41, 5.74) is 9.96. The van der Waals surface area contributed by atoms with Crippen LogP contribution in [-0.2, 0) is 6.42 Å². The molecule has 0 radical (unpaired) electrons. The van der Waals surface area contributed by atoms with Crippen LogP contribution in [0.4, 0.5) is 8.78 Å². The van der Waals surface area contributed by atoms with Crippen LogP contribution in [0.5, 0.6) is 0 Å². The van der Waals surface area contributed by atoms with Crippen LogP contribution >= 0.6 is 0 Å². The molecule has 0 aromatic heterocycles. The van der Waals surface area contributed by atoms with Crippen molar-refractivity contribution in [2.24, 2.45) is 5.73 Å². The maximum absolute atomic E-state index is 13.3. The van der Waals surface area contributed by atoms with Crippen molar-refractivity contribution < 1.29 is 8.78 Å². The third kappa shape index (κ3) is 1.71. The molecule has 0 heterocycles. The topological polar surface area (TPSA) is 26.0 Å². The Morgan fingerprint density at radius 3 is 2.67 bits per heavy atom. The van der Waals surface area contributed by atoms with Gasteiger partial charge in [0.1, 0.15) is 0 Å². The van der Waals surface area contributed by atoms with Crippen molar-refractivity contribution in [3.8, 4) is 11.1 Å². The van der Waals surface area contributed by atoms with Crippen molar-refractivity contribution in [2.75, 3.05) is 0 Å². The Morgan fingerprint density at radius 2 is 1.89 bits per heavy atom. The third-order valence-corrected chi connectivity index (χ3v) is 3.55. The van der Waals surface area contributed by atoms with E-state index >= 15 is 0 Å². The molecule has 1 nitrogen and oxygen atoms in total. The van der Waals surface area contributed by atoms with Crippen LogP contribution in [0.1, 0.15) is 23.6 Å². The largest absolute Gasteiger partial charge is 0.324 e. The molecule has 0 spiro atoms. The number of benzene rings is 2. The monoisotopic (exact) mass is 245 g/mol. The molecule has 3 heteroatoms. The number of nitrogens with two attached hydrogens (primary N) is 1. The summed E-state index contributed by atoms with van der Waals surface area (Å²) in [6, 6.07) is 9.94. The number of rotatable bonds is 1. The zero-order valence-electron chi connectivity index (χ0n) is 9.79. The number of halogens is 2. The second kappa shape index (κ2) is 4.18. The van der Waals surface area contributed by atoms with Crippen LogP contribution in [-0.4, -0.2) is 0 Å². The van der Waals surface area contributed by atoms with Crippen molar-refractivity contribution in [1.29, 1.82) is 0 Å². The van der Waals surface area contributed by atoms with Crippen LogP contribution in [0.3, 0.4) is 0 Å². The van der Waals surface area contributed by atoms with Crippen molar-refractivity contribution in [1.82, 2.24) is 0 Å². The van der Waals surface area contributed by atoms with Crippen molar-refractivity contribution in [2.45, 2.75) is 18.9 Å². The normalized spacial score (nSPS) is 17.8. The molecule has 1 aliphatic carbocycles. The molecular weight excluding hydrogens is 232 g/mol. The lowest BCUT2D eigenvalue weighted by Crippen LogP contribution is -2.04. The first-order chi connectivity index (χ1) is 8.66. The molecule has 2 N–H and O–H groups in total. The van der Waals surface area contributed by atoms with E-state index in [0.717, 1.165) is 29.5 Å². The average molecular weight is 245 g/mol. The second-order valence-electron chi connectivity index (χ2n) is 4.65. The fourth-order valence-corrected chi connectivity index (χ4v) is 2.62. The molecule has 0 saturated carbocycles. The van der Waals surface area contributed by atoms with E-state index in [1.807, 2.05) is 18.2 Å². The van der Waals surface area contributed by atoms with E-state index < -0.39 is 11.6 Å². The first-order valence-electron chi connectivity index (χ1n) is 5.99. The van der Waals surface area contributed by atoms with Gasteiger partial charge in [-0.3, -0.25) is 0 Å². The summed E-state index contributed by atoms with van der Waals surface area (Å²) in [5, 5.41) is 0. The molecule has 0 bridgehead atoms. The van der Waals surface area contributed by atoms with Gasteiger partial charge in [0, 0.05) is 6.04 Å². The van der Waals surface area contributed by atoms with Crippen LogP contribution in [0.2, 0.25) is 0 Å². The molecule has 0 amide bonds. The second-order valence-corrected chi connectivity index (χ2v) is 4.65. The van der Waals surface area contributed by atoms with Gasteiger partial charge in [0.15, 0.2) is 11.6 Å². The lowest BCUT2D eigenvalue weighted by atomic mass is 9.96. The fraction of sp³-hybridized carbons (Fsp3) is 0.200. The summed E-state index contributed by atoms with van der Waals surface area (Å²) in [7, 11) is 0. The van der Waals surface area contributed by atoms with E-state index in [0.29, 0.717) is 5.56 Å². The predicted octanol–water partition coefficient (Wildman–Crippen LogP) is 3.58. The summed E-state index contributed by atoms with van der Waals surface area (Å²) in [5.74, 6) is -1.63. The van der Waals surface area contributed by atoms with Gasteiger partial charge in [-0.15, -0.1) is 0 Å². The Kier molecular flexibility index (Phi) is 2.63. The van der Waals surface area contributed by atoms with Crippen LogP contribution < -0.4 is 5.73 Å². The van der Waals surface area contributed by atoms with Gasteiger partial charge in [-0.1, -0.05) is 24.3 Å². The van der Waals surface area contributed by atoms with E-state index in [2.05, 4.69) is 0 Å². The van der Waals surface area contributed by atoms with Gasteiger partial charge in [-0.2, -0.15) is 0 Å². The Morgan fingerprint density at radius 1 is 1.06 bits per heavy atom. The Balaban J connectivity index is 2.15. The van der Waals surface area contributed by atoms with Gasteiger partial charge in [-0.05, 0) is 47.2 Å². The minimum Gasteiger partial charge on any atom is -0.324 e. The Labute approximate surface area is 104 Å². The van der Waals surface area contributed by atoms with Gasteiger partial charge in [0.2, 0.25) is 0 Å². The van der Waals surface area contributed by atoms with E-state index in [9.17, 15) is 8.78 Å². The molecule has 1 unspecified atom stereocenters. The van der Waals surface area contributed by atoms with E-state index in [1.54, 1.807) is 6.07 Å². The summed E-state index contributed by atoms with van der Waals surface area (Å²) in [4.78, 5) is 0. The molecule has 0 aliphatic heterocycles. The standard InChI is InChI=1S/C15H13F2N/c16-13-6-4-9(8-14(13)17)10-2-1-3-12-11(10)5-7-15(12)18/h1-4,6,8,15H,5,7,18H2. The van der Waals surface area contributed by atoms with Crippen LogP contribution in [0, 0.1) is 11.6 Å². The van der Waals surface area contributed by atoms with Crippen molar-refractivity contribution >= 4 is 0 Å². The minimum atomic E-state index is -0.817. The summed E-state index contributed by atoms with van der Waals surface area (Å²) < 4.78 is 26.2. The highest BCUT2D eigenvalue weighted by Crippen LogP contribution is 2.36. The highest BCUT2D eigenvalue weighted by atomic mass is 19.2. The van der Waals surface area contributed by atoms with Crippen molar-refractivity contribution in [3.63, 3.8) is 0 Å². The molecule has 0 saturated heterocycles. The molecule has 2 aromatic rings. The zero-order valence-corrected chi connectivity index (χ0v) is 9.79. The summed E-state index contributed by atoms with van der Waals surface area (Å²) >= 11 is 0. The molecule has 1 aliphatic rings. The fourth-order valence-electron chi connectivity index (χ4n) is 2.62. The first-order valence-corrected chi connectivity index (χ1v) is 5.99. The maximum atomic E-state index is 13.3. The quantitative estimate of drug-likeness (QED) is 0.816. The van der Waals surface area contributed by atoms with E-state index in [-0.39, 0.29) is 6.04 Å². The molecule has 18 heavy (non-hydrogen) atoms. The zero-order chi connectivity index (χ0) is 12.7. The molecular formula is C15H13F2N. The van der Waals surface area contributed by atoms with Gasteiger partial charge >= 0.3 is 0 Å². The smallest absolute Gasteiger partial charge is 0.159 e. The summed E-state index contributed by atoms with van der Waals surface area (Å²) in [6.45, 7) is 0.